The lowest BCUT2D eigenvalue weighted by Gasteiger charge is -2.33. The molecule has 2 aromatic heterocycles. The smallest absolute Gasteiger partial charge is 0.279 e. The highest BCUT2D eigenvalue weighted by Crippen LogP contribution is 2.52. The van der Waals surface area contributed by atoms with Crippen LogP contribution < -0.4 is 25.8 Å². The molecule has 6 heterocycles. The standard InChI is InChI=1S/C30H26ClF3N6O2S/c31-17-11-40-24(22(17)15-2-3-18(33)26-21(15)16(9-35)28(36)43-26)27(34)42-25-20(5-4-19-23(25)29(40)38-13-37-19)41-12-30-6-1-7-39(30)10-14(32)8-30/h2-5,11,14,27,29,37-38H,1,6-8,10,12-13,36H2/t14-,27?,29+,30?/m1/s1. The molecule has 4 aliphatic heterocycles. The van der Waals surface area contributed by atoms with Crippen LogP contribution in [0, 0.1) is 17.1 Å². The lowest BCUT2D eigenvalue weighted by atomic mass is 9.95. The molecule has 8 rings (SSSR count). The van der Waals surface area contributed by atoms with E-state index in [2.05, 4.69) is 21.6 Å². The first-order valence-corrected chi connectivity index (χ1v) is 15.3. The number of rotatable bonds is 4. The first kappa shape index (κ1) is 27.0. The molecule has 0 aliphatic carbocycles. The molecule has 8 nitrogen and oxygen atoms in total. The van der Waals surface area contributed by atoms with Crippen molar-refractivity contribution < 1.29 is 22.6 Å². The van der Waals surface area contributed by atoms with E-state index in [1.54, 1.807) is 16.8 Å². The highest BCUT2D eigenvalue weighted by Gasteiger charge is 2.49. The Morgan fingerprint density at radius 1 is 1.28 bits per heavy atom. The van der Waals surface area contributed by atoms with Crippen LogP contribution in [0.3, 0.4) is 0 Å². The van der Waals surface area contributed by atoms with Crippen molar-refractivity contribution in [2.24, 2.45) is 0 Å². The Bertz CT molecular complexity index is 1860. The molecule has 2 fully saturated rings. The van der Waals surface area contributed by atoms with Crippen molar-refractivity contribution in [1.82, 2.24) is 14.8 Å². The van der Waals surface area contributed by atoms with Crippen molar-refractivity contribution in [3.05, 3.63) is 58.1 Å². The van der Waals surface area contributed by atoms with Gasteiger partial charge in [0.05, 0.1) is 33.1 Å². The van der Waals surface area contributed by atoms with Gasteiger partial charge >= 0.3 is 0 Å². The predicted octanol–water partition coefficient (Wildman–Crippen LogP) is 6.45. The molecular weight excluding hydrogens is 601 g/mol. The number of nitrogens with one attached hydrogen (secondary N) is 2. The van der Waals surface area contributed by atoms with Gasteiger partial charge in [-0.2, -0.15) is 9.65 Å². The summed E-state index contributed by atoms with van der Waals surface area (Å²) in [5.74, 6) is 0.0604. The molecule has 0 bridgehead atoms. The van der Waals surface area contributed by atoms with Crippen molar-refractivity contribution in [2.45, 2.75) is 43.5 Å². The second-order valence-electron chi connectivity index (χ2n) is 11.5. The van der Waals surface area contributed by atoms with Gasteiger partial charge in [-0.05, 0) is 43.1 Å². The normalized spacial score (nSPS) is 25.8. The maximum Gasteiger partial charge on any atom is 0.279 e. The monoisotopic (exact) mass is 626 g/mol. The molecule has 4 N–H and O–H groups in total. The lowest BCUT2D eigenvalue weighted by Crippen LogP contribution is -2.43. The second-order valence-corrected chi connectivity index (χ2v) is 13.0. The third kappa shape index (κ3) is 3.88. The van der Waals surface area contributed by atoms with Crippen molar-refractivity contribution in [3.8, 4) is 28.7 Å². The minimum atomic E-state index is -2.01. The molecule has 222 valence electrons. The number of thiophene rings is 1. The number of nitrogens with two attached hydrogens (primary N) is 1. The Balaban J connectivity index is 1.25. The molecule has 0 spiro atoms. The molecule has 4 atom stereocenters. The maximum absolute atomic E-state index is 16.6. The van der Waals surface area contributed by atoms with Crippen LogP contribution in [0.2, 0.25) is 5.02 Å². The summed E-state index contributed by atoms with van der Waals surface area (Å²) in [6, 6.07) is 8.43. The maximum atomic E-state index is 16.6. The fraction of sp³-hybridized carbons (Fsp3) is 0.367. The van der Waals surface area contributed by atoms with E-state index >= 15 is 4.39 Å². The number of hydrogen-bond acceptors (Lipinski definition) is 8. The molecule has 4 aromatic rings. The molecule has 4 aliphatic rings. The Morgan fingerprint density at radius 2 is 2.14 bits per heavy atom. The molecule has 2 unspecified atom stereocenters. The highest BCUT2D eigenvalue weighted by molar-refractivity contribution is 7.23. The summed E-state index contributed by atoms with van der Waals surface area (Å²) < 4.78 is 60.1. The number of halogens is 4. The fourth-order valence-electron chi connectivity index (χ4n) is 7.37. The van der Waals surface area contributed by atoms with Crippen LogP contribution in [0.25, 0.3) is 21.2 Å². The van der Waals surface area contributed by atoms with Crippen LogP contribution in [0.15, 0.2) is 30.5 Å². The summed E-state index contributed by atoms with van der Waals surface area (Å²) in [5, 5.41) is 17.2. The topological polar surface area (TPSA) is 100 Å². The van der Waals surface area contributed by atoms with Gasteiger partial charge in [0.2, 0.25) is 0 Å². The number of aromatic nitrogens is 1. The van der Waals surface area contributed by atoms with Gasteiger partial charge in [0.15, 0.2) is 11.5 Å². The van der Waals surface area contributed by atoms with Crippen molar-refractivity contribution >= 4 is 43.7 Å². The van der Waals surface area contributed by atoms with Crippen LogP contribution in [0.1, 0.15) is 48.6 Å². The first-order chi connectivity index (χ1) is 20.8. The van der Waals surface area contributed by atoms with E-state index in [1.807, 2.05) is 6.07 Å². The largest absolute Gasteiger partial charge is 0.488 e. The minimum Gasteiger partial charge on any atom is -0.488 e. The second kappa shape index (κ2) is 9.69. The number of ether oxygens (including phenoxy) is 2. The Morgan fingerprint density at radius 3 is 2.98 bits per heavy atom. The average molecular weight is 627 g/mol. The molecule has 13 heteroatoms. The van der Waals surface area contributed by atoms with Gasteiger partial charge in [-0.25, -0.2) is 8.78 Å². The van der Waals surface area contributed by atoms with E-state index in [0.29, 0.717) is 36.5 Å². The summed E-state index contributed by atoms with van der Waals surface area (Å²) in [5.41, 5.74) is 7.95. The molecule has 43 heavy (non-hydrogen) atoms. The molecule has 0 amide bonds. The average Bonchev–Trinajstić information content (AvgIpc) is 3.70. The quantitative estimate of drug-likeness (QED) is 0.239. The molecule has 0 saturated carbocycles. The van der Waals surface area contributed by atoms with Crippen LogP contribution >= 0.6 is 22.9 Å². The summed E-state index contributed by atoms with van der Waals surface area (Å²) in [4.78, 5) is 2.16. The van der Waals surface area contributed by atoms with Crippen LogP contribution in [0.4, 0.5) is 23.9 Å². The third-order valence-corrected chi connectivity index (χ3v) is 10.5. The number of nitrogen functional groups attached to an aromatic ring is 1. The van der Waals surface area contributed by atoms with Gasteiger partial charge in [0.1, 0.15) is 41.5 Å². The third-order valence-electron chi connectivity index (χ3n) is 9.20. The fourth-order valence-corrected chi connectivity index (χ4v) is 8.62. The van der Waals surface area contributed by atoms with Gasteiger partial charge in [-0.3, -0.25) is 10.2 Å². The summed E-state index contributed by atoms with van der Waals surface area (Å²) in [6.45, 7) is 1.88. The van der Waals surface area contributed by atoms with Crippen molar-refractivity contribution in [1.29, 1.82) is 5.26 Å². The molecular formula is C30H26ClF3N6O2S. The van der Waals surface area contributed by atoms with E-state index in [9.17, 15) is 14.0 Å². The summed E-state index contributed by atoms with van der Waals surface area (Å²) in [6.07, 6.45) is 0.346. The van der Waals surface area contributed by atoms with E-state index < -0.39 is 30.1 Å². The minimum absolute atomic E-state index is 0.107. The number of nitriles is 1. The zero-order valence-corrected chi connectivity index (χ0v) is 24.3. The van der Waals surface area contributed by atoms with Gasteiger partial charge in [0.25, 0.3) is 6.36 Å². The number of anilines is 2. The van der Waals surface area contributed by atoms with Crippen molar-refractivity contribution in [3.63, 3.8) is 0 Å². The SMILES string of the molecule is N#Cc1c(N)sc2c(F)ccc(-c3c(Cl)cn4c3C(F)Oc3c(OCC56CCCN5C[C@H](F)C6)ccc5c3[C@H]4NCN5)c12. The zero-order valence-electron chi connectivity index (χ0n) is 22.7. The van der Waals surface area contributed by atoms with Gasteiger partial charge in [-0.1, -0.05) is 17.7 Å². The van der Waals surface area contributed by atoms with Crippen LogP contribution in [0.5, 0.6) is 11.5 Å². The predicted molar refractivity (Wildman–Crippen MR) is 159 cm³/mol. The molecule has 2 aromatic carbocycles. The van der Waals surface area contributed by atoms with E-state index in [-0.39, 0.29) is 49.3 Å². The van der Waals surface area contributed by atoms with Gasteiger partial charge in [-0.15, -0.1) is 11.3 Å². The van der Waals surface area contributed by atoms with E-state index in [4.69, 9.17) is 26.8 Å². The van der Waals surface area contributed by atoms with E-state index in [1.165, 1.54) is 12.1 Å². The summed E-state index contributed by atoms with van der Waals surface area (Å²) in [7, 11) is 0. The van der Waals surface area contributed by atoms with E-state index in [0.717, 1.165) is 36.4 Å². The Kier molecular flexibility index (Phi) is 6.07. The Labute approximate surface area is 253 Å². The van der Waals surface area contributed by atoms with Crippen LogP contribution in [-0.2, 0) is 0 Å². The highest BCUT2D eigenvalue weighted by atomic mass is 35.5. The number of hydrogen-bond donors (Lipinski definition) is 3. The van der Waals surface area contributed by atoms with Crippen LogP contribution in [-0.4, -0.2) is 47.5 Å². The Hall–Kier alpha value is -3.63. The number of alkyl halides is 2. The molecule has 2 saturated heterocycles. The zero-order chi connectivity index (χ0) is 29.6. The molecule has 0 radical (unpaired) electrons. The van der Waals surface area contributed by atoms with Gasteiger partial charge in [0, 0.05) is 35.8 Å². The number of nitrogens with zero attached hydrogens (tertiary/aromatic N) is 3. The van der Waals surface area contributed by atoms with Gasteiger partial charge < -0.3 is 25.1 Å². The number of fused-ring (bicyclic) bond motifs is 4. The van der Waals surface area contributed by atoms with Crippen molar-refractivity contribution in [2.75, 3.05) is 37.4 Å². The summed E-state index contributed by atoms with van der Waals surface area (Å²) >= 11 is 7.76. The lowest BCUT2D eigenvalue weighted by molar-refractivity contribution is 0.0560. The number of benzene rings is 2. The first-order valence-electron chi connectivity index (χ1n) is 14.1.